The summed E-state index contributed by atoms with van der Waals surface area (Å²) in [7, 11) is 3.25. The van der Waals surface area contributed by atoms with Crippen molar-refractivity contribution in [3.8, 4) is 0 Å². The summed E-state index contributed by atoms with van der Waals surface area (Å²) in [5, 5.41) is 8.95. The van der Waals surface area contributed by atoms with Crippen molar-refractivity contribution in [1.29, 1.82) is 0 Å². The summed E-state index contributed by atoms with van der Waals surface area (Å²) < 4.78 is 37.5. The first-order valence-corrected chi connectivity index (χ1v) is 5.03. The van der Waals surface area contributed by atoms with Crippen molar-refractivity contribution in [2.45, 2.75) is 12.6 Å². The minimum Gasteiger partial charge on any atom is -0.396 e. The van der Waals surface area contributed by atoms with Crippen molar-refractivity contribution in [1.82, 2.24) is 4.98 Å². The van der Waals surface area contributed by atoms with Gasteiger partial charge in [-0.2, -0.15) is 13.2 Å². The molecule has 0 atom stereocenters. The Balaban J connectivity index is 3.12. The Morgan fingerprint density at radius 1 is 1.40 bits per heavy atom. The minimum atomic E-state index is -4.45. The maximum atomic E-state index is 12.5. The molecular formula is C8H11F3N2OS. The molecule has 0 saturated heterocycles. The molecule has 15 heavy (non-hydrogen) atoms. The van der Waals surface area contributed by atoms with Crippen LogP contribution in [0.15, 0.2) is 0 Å². The number of hydrogen-bond donors (Lipinski definition) is 1. The lowest BCUT2D eigenvalue weighted by Crippen LogP contribution is -2.11. The molecule has 0 aliphatic carbocycles. The SMILES string of the molecule is CN(C)c1nc(C(F)(F)F)c(CCO)s1. The van der Waals surface area contributed by atoms with E-state index in [1.54, 1.807) is 14.1 Å². The Labute approximate surface area is 89.2 Å². The van der Waals surface area contributed by atoms with Gasteiger partial charge in [-0.25, -0.2) is 4.98 Å². The van der Waals surface area contributed by atoms with Crippen LogP contribution in [-0.4, -0.2) is 30.8 Å². The smallest absolute Gasteiger partial charge is 0.396 e. The highest BCUT2D eigenvalue weighted by molar-refractivity contribution is 7.15. The first kappa shape index (κ1) is 12.3. The summed E-state index contributed by atoms with van der Waals surface area (Å²) in [5.74, 6) is 0. The molecule has 7 heteroatoms. The van der Waals surface area contributed by atoms with E-state index < -0.39 is 11.9 Å². The third kappa shape index (κ3) is 2.82. The zero-order valence-corrected chi connectivity index (χ0v) is 9.11. The minimum absolute atomic E-state index is 0.0135. The zero-order chi connectivity index (χ0) is 11.6. The number of alkyl halides is 3. The summed E-state index contributed by atoms with van der Waals surface area (Å²) in [6.45, 7) is -0.307. The zero-order valence-electron chi connectivity index (χ0n) is 8.30. The summed E-state index contributed by atoms with van der Waals surface area (Å²) in [5.41, 5.74) is -0.884. The van der Waals surface area contributed by atoms with Crippen molar-refractivity contribution in [2.75, 3.05) is 25.6 Å². The molecule has 3 nitrogen and oxygen atoms in total. The fourth-order valence-electron chi connectivity index (χ4n) is 1.02. The predicted molar refractivity (Wildman–Crippen MR) is 52.2 cm³/mol. The number of aliphatic hydroxyl groups is 1. The van der Waals surface area contributed by atoms with Crippen LogP contribution < -0.4 is 4.90 Å². The van der Waals surface area contributed by atoms with Gasteiger partial charge in [-0.05, 0) is 0 Å². The van der Waals surface area contributed by atoms with E-state index in [0.29, 0.717) is 5.13 Å². The maximum absolute atomic E-state index is 12.5. The van der Waals surface area contributed by atoms with Crippen LogP contribution in [-0.2, 0) is 12.6 Å². The van der Waals surface area contributed by atoms with Gasteiger partial charge < -0.3 is 10.0 Å². The van der Waals surface area contributed by atoms with Gasteiger partial charge in [-0.3, -0.25) is 0 Å². The van der Waals surface area contributed by atoms with E-state index >= 15 is 0 Å². The second-order valence-electron chi connectivity index (χ2n) is 3.13. The quantitative estimate of drug-likeness (QED) is 0.874. The molecule has 1 rings (SSSR count). The molecule has 0 aliphatic rings. The fourth-order valence-corrected chi connectivity index (χ4v) is 2.01. The lowest BCUT2D eigenvalue weighted by atomic mass is 10.3. The van der Waals surface area contributed by atoms with Crippen LogP contribution in [0.5, 0.6) is 0 Å². The molecule has 0 amide bonds. The second kappa shape index (κ2) is 4.36. The third-order valence-electron chi connectivity index (χ3n) is 1.68. The van der Waals surface area contributed by atoms with Gasteiger partial charge in [0.15, 0.2) is 10.8 Å². The van der Waals surface area contributed by atoms with Crippen LogP contribution in [0.1, 0.15) is 10.6 Å². The Hall–Kier alpha value is -0.820. The van der Waals surface area contributed by atoms with E-state index in [0.717, 1.165) is 11.3 Å². The van der Waals surface area contributed by atoms with Crippen molar-refractivity contribution in [3.05, 3.63) is 10.6 Å². The van der Waals surface area contributed by atoms with Crippen LogP contribution in [0.2, 0.25) is 0 Å². The molecule has 0 spiro atoms. The Bertz CT molecular complexity index is 335. The normalized spacial score (nSPS) is 11.9. The van der Waals surface area contributed by atoms with Crippen LogP contribution in [0.3, 0.4) is 0 Å². The van der Waals surface area contributed by atoms with E-state index in [4.69, 9.17) is 5.11 Å². The standard InChI is InChI=1S/C8H11F3N2OS/c1-13(2)7-12-6(8(9,10)11)5(15-7)3-4-14/h14H,3-4H2,1-2H3. The van der Waals surface area contributed by atoms with Crippen molar-refractivity contribution in [3.63, 3.8) is 0 Å². The summed E-state index contributed by atoms with van der Waals surface area (Å²) >= 11 is 0.954. The molecule has 0 radical (unpaired) electrons. The molecule has 0 saturated carbocycles. The van der Waals surface area contributed by atoms with Gasteiger partial charge in [-0.1, -0.05) is 0 Å². The first-order valence-electron chi connectivity index (χ1n) is 4.21. The predicted octanol–water partition coefficient (Wildman–Crippen LogP) is 1.76. The fraction of sp³-hybridized carbons (Fsp3) is 0.625. The molecule has 0 bridgehead atoms. The van der Waals surface area contributed by atoms with Crippen molar-refractivity contribution in [2.24, 2.45) is 0 Å². The van der Waals surface area contributed by atoms with Gasteiger partial charge in [0, 0.05) is 32.0 Å². The van der Waals surface area contributed by atoms with Crippen molar-refractivity contribution < 1.29 is 18.3 Å². The monoisotopic (exact) mass is 240 g/mol. The van der Waals surface area contributed by atoms with E-state index in [-0.39, 0.29) is 17.9 Å². The number of nitrogens with zero attached hydrogens (tertiary/aromatic N) is 2. The van der Waals surface area contributed by atoms with E-state index in [9.17, 15) is 13.2 Å². The van der Waals surface area contributed by atoms with Crippen LogP contribution in [0, 0.1) is 0 Å². The lowest BCUT2D eigenvalue weighted by molar-refractivity contribution is -0.141. The number of aliphatic hydroxyl groups excluding tert-OH is 1. The molecule has 0 aromatic carbocycles. The number of aromatic nitrogens is 1. The highest BCUT2D eigenvalue weighted by Gasteiger charge is 2.37. The highest BCUT2D eigenvalue weighted by Crippen LogP contribution is 2.36. The van der Waals surface area contributed by atoms with Gasteiger partial charge >= 0.3 is 6.18 Å². The van der Waals surface area contributed by atoms with Gasteiger partial charge in [-0.15, -0.1) is 11.3 Å². The van der Waals surface area contributed by atoms with Crippen molar-refractivity contribution >= 4 is 16.5 Å². The van der Waals surface area contributed by atoms with E-state index in [1.807, 2.05) is 0 Å². The summed E-state index contributed by atoms with van der Waals surface area (Å²) in [4.78, 5) is 5.10. The number of hydrogen-bond acceptors (Lipinski definition) is 4. The summed E-state index contributed by atoms with van der Waals surface area (Å²) in [6, 6.07) is 0. The van der Waals surface area contributed by atoms with Gasteiger partial charge in [0.2, 0.25) is 0 Å². The highest BCUT2D eigenvalue weighted by atomic mass is 32.1. The van der Waals surface area contributed by atoms with Gasteiger partial charge in [0.05, 0.1) is 0 Å². The van der Waals surface area contributed by atoms with Gasteiger partial charge in [0.1, 0.15) is 0 Å². The largest absolute Gasteiger partial charge is 0.434 e. The number of thiazole rings is 1. The average molecular weight is 240 g/mol. The lowest BCUT2D eigenvalue weighted by Gasteiger charge is -2.06. The number of rotatable bonds is 3. The Morgan fingerprint density at radius 3 is 2.40 bits per heavy atom. The molecule has 0 aliphatic heterocycles. The second-order valence-corrected chi connectivity index (χ2v) is 4.20. The van der Waals surface area contributed by atoms with Crippen LogP contribution in [0.25, 0.3) is 0 Å². The van der Waals surface area contributed by atoms with E-state index in [2.05, 4.69) is 4.98 Å². The average Bonchev–Trinajstić information content (AvgIpc) is 2.48. The molecule has 0 fully saturated rings. The summed E-state index contributed by atoms with van der Waals surface area (Å²) in [6.07, 6.45) is -4.46. The molecular weight excluding hydrogens is 229 g/mol. The Kier molecular flexibility index (Phi) is 3.56. The third-order valence-corrected chi connectivity index (χ3v) is 2.96. The molecule has 1 aromatic rings. The molecule has 86 valence electrons. The molecule has 1 heterocycles. The number of anilines is 1. The van der Waals surface area contributed by atoms with Crippen LogP contribution >= 0.6 is 11.3 Å². The Morgan fingerprint density at radius 2 is 2.00 bits per heavy atom. The van der Waals surface area contributed by atoms with Crippen LogP contribution in [0.4, 0.5) is 18.3 Å². The maximum Gasteiger partial charge on any atom is 0.434 e. The topological polar surface area (TPSA) is 36.4 Å². The molecule has 1 aromatic heterocycles. The first-order chi connectivity index (χ1) is 6.86. The van der Waals surface area contributed by atoms with E-state index in [1.165, 1.54) is 4.90 Å². The molecule has 0 unspecified atom stereocenters. The van der Waals surface area contributed by atoms with Gasteiger partial charge in [0.25, 0.3) is 0 Å². The molecule has 1 N–H and O–H groups in total. The number of halogens is 3.